The minimum absolute atomic E-state index is 0.0263. The fourth-order valence-corrected chi connectivity index (χ4v) is 5.38. The highest BCUT2D eigenvalue weighted by Crippen LogP contribution is 2.23. The molecule has 6 nitrogen and oxygen atoms in total. The van der Waals surface area contributed by atoms with Gasteiger partial charge in [-0.05, 0) is 37.8 Å². The summed E-state index contributed by atoms with van der Waals surface area (Å²) in [6.45, 7) is 0.397. The first-order valence-corrected chi connectivity index (χ1v) is 10.4. The summed E-state index contributed by atoms with van der Waals surface area (Å²) in [5.41, 5.74) is 0.337. The van der Waals surface area contributed by atoms with Crippen LogP contribution in [-0.2, 0) is 16.5 Å². The first kappa shape index (κ1) is 17.5. The minimum Gasteiger partial charge on any atom is -0.328 e. The summed E-state index contributed by atoms with van der Waals surface area (Å²) in [6.07, 6.45) is 0.622. The van der Waals surface area contributed by atoms with E-state index < -0.39 is 9.84 Å². The number of aromatic nitrogens is 2. The number of rotatable bonds is 5. The highest BCUT2D eigenvalue weighted by Gasteiger charge is 2.30. The summed E-state index contributed by atoms with van der Waals surface area (Å²) in [5.74, 6) is 0.0321. The van der Waals surface area contributed by atoms with E-state index in [-0.39, 0.29) is 23.4 Å². The number of sulfone groups is 1. The maximum Gasteiger partial charge on any atom is 0.209 e. The van der Waals surface area contributed by atoms with E-state index >= 15 is 0 Å². The van der Waals surface area contributed by atoms with Gasteiger partial charge in [-0.3, -0.25) is 4.90 Å². The van der Waals surface area contributed by atoms with Crippen molar-refractivity contribution in [3.05, 3.63) is 34.0 Å². The van der Waals surface area contributed by atoms with Crippen molar-refractivity contribution in [1.29, 1.82) is 0 Å². The van der Waals surface area contributed by atoms with Gasteiger partial charge in [0.25, 0.3) is 0 Å². The molecular weight excluding hydrogens is 371 g/mol. The lowest BCUT2D eigenvalue weighted by molar-refractivity contribution is 0.198. The molecule has 1 atom stereocenters. The average Bonchev–Trinajstić information content (AvgIpc) is 3.04. The predicted molar refractivity (Wildman–Crippen MR) is 95.4 cm³/mol. The lowest BCUT2D eigenvalue weighted by Gasteiger charge is -2.22. The van der Waals surface area contributed by atoms with Gasteiger partial charge in [-0.15, -0.1) is 5.10 Å². The highest BCUT2D eigenvalue weighted by molar-refractivity contribution is 7.91. The van der Waals surface area contributed by atoms with Crippen molar-refractivity contribution < 1.29 is 12.8 Å². The van der Waals surface area contributed by atoms with Gasteiger partial charge in [-0.2, -0.15) is 0 Å². The van der Waals surface area contributed by atoms with Crippen LogP contribution in [0, 0.1) is 9.77 Å². The van der Waals surface area contributed by atoms with Crippen molar-refractivity contribution in [3.8, 4) is 0 Å². The topological polar surface area (TPSA) is 67.2 Å². The molecular formula is C14H17FN4O2S3. The Hall–Kier alpha value is -1.36. The van der Waals surface area contributed by atoms with Crippen molar-refractivity contribution >= 4 is 44.2 Å². The summed E-state index contributed by atoms with van der Waals surface area (Å²) in [6, 6.07) is 6.32. The highest BCUT2D eigenvalue weighted by atomic mass is 32.2. The van der Waals surface area contributed by atoms with Gasteiger partial charge in [0.05, 0.1) is 23.9 Å². The molecule has 2 aromatic rings. The van der Waals surface area contributed by atoms with E-state index in [4.69, 9.17) is 12.2 Å². The number of benzene rings is 1. The molecule has 1 aromatic heterocycles. The fourth-order valence-electron chi connectivity index (χ4n) is 2.57. The monoisotopic (exact) mass is 388 g/mol. The molecule has 0 spiro atoms. The van der Waals surface area contributed by atoms with Gasteiger partial charge in [0.15, 0.2) is 13.8 Å². The third kappa shape index (κ3) is 4.00. The predicted octanol–water partition coefficient (Wildman–Crippen LogP) is 2.63. The maximum absolute atomic E-state index is 13.7. The van der Waals surface area contributed by atoms with Crippen molar-refractivity contribution in [3.63, 3.8) is 0 Å². The van der Waals surface area contributed by atoms with Crippen molar-refractivity contribution in [2.45, 2.75) is 19.1 Å². The molecule has 0 amide bonds. The molecule has 1 aliphatic heterocycles. The van der Waals surface area contributed by atoms with Gasteiger partial charge in [0.2, 0.25) is 5.13 Å². The number of para-hydroxylation sites is 1. The quantitative estimate of drug-likeness (QED) is 0.795. The number of anilines is 2. The Labute approximate surface area is 148 Å². The van der Waals surface area contributed by atoms with E-state index in [2.05, 4.69) is 10.4 Å². The summed E-state index contributed by atoms with van der Waals surface area (Å²) < 4.78 is 39.0. The normalized spacial score (nSPS) is 19.7. The van der Waals surface area contributed by atoms with Crippen LogP contribution < -0.4 is 5.32 Å². The van der Waals surface area contributed by atoms with Crippen LogP contribution in [0.5, 0.6) is 0 Å². The molecule has 1 N–H and O–H groups in total. The number of hydrogen-bond donors (Lipinski definition) is 1. The Bertz CT molecular complexity index is 893. The molecule has 0 bridgehead atoms. The van der Waals surface area contributed by atoms with Gasteiger partial charge in [0.1, 0.15) is 5.82 Å². The van der Waals surface area contributed by atoms with Gasteiger partial charge in [0, 0.05) is 6.04 Å². The summed E-state index contributed by atoms with van der Waals surface area (Å²) in [4.78, 5) is 1.94. The van der Waals surface area contributed by atoms with E-state index in [0.717, 1.165) is 0 Å². The molecule has 0 unspecified atom stereocenters. The molecule has 24 heavy (non-hydrogen) atoms. The second-order valence-electron chi connectivity index (χ2n) is 5.73. The van der Waals surface area contributed by atoms with E-state index in [1.165, 1.54) is 17.4 Å². The molecule has 1 aliphatic rings. The van der Waals surface area contributed by atoms with Crippen LogP contribution in [0.2, 0.25) is 0 Å². The van der Waals surface area contributed by atoms with Gasteiger partial charge in [-0.1, -0.05) is 23.5 Å². The summed E-state index contributed by atoms with van der Waals surface area (Å²) in [7, 11) is -1.07. The van der Waals surface area contributed by atoms with E-state index in [1.807, 2.05) is 11.9 Å². The van der Waals surface area contributed by atoms with Crippen LogP contribution >= 0.6 is 23.6 Å². The molecule has 0 aliphatic carbocycles. The third-order valence-electron chi connectivity index (χ3n) is 3.91. The Kier molecular flexibility index (Phi) is 5.00. The van der Waals surface area contributed by atoms with Crippen LogP contribution in [0.25, 0.3) is 0 Å². The van der Waals surface area contributed by atoms with E-state index in [0.29, 0.717) is 27.9 Å². The van der Waals surface area contributed by atoms with Crippen LogP contribution in [0.1, 0.15) is 6.42 Å². The third-order valence-corrected chi connectivity index (χ3v) is 6.88. The molecule has 1 aromatic carbocycles. The second kappa shape index (κ2) is 6.87. The summed E-state index contributed by atoms with van der Waals surface area (Å²) >= 11 is 6.55. The SMILES string of the molecule is CN(Cn1nc(Nc2ccccc2F)sc1=S)[C@@H]1CCS(=O)(=O)C1. The van der Waals surface area contributed by atoms with Crippen LogP contribution in [0.3, 0.4) is 0 Å². The number of nitrogens with zero attached hydrogens (tertiary/aromatic N) is 3. The number of halogens is 1. The van der Waals surface area contributed by atoms with Crippen molar-refractivity contribution in [1.82, 2.24) is 14.7 Å². The zero-order valence-electron chi connectivity index (χ0n) is 13.0. The first-order valence-electron chi connectivity index (χ1n) is 7.34. The van der Waals surface area contributed by atoms with Gasteiger partial charge in [-0.25, -0.2) is 17.5 Å². The Morgan fingerprint density at radius 2 is 2.25 bits per heavy atom. The Morgan fingerprint density at radius 1 is 1.50 bits per heavy atom. The molecule has 0 saturated carbocycles. The number of hydrogen-bond acceptors (Lipinski definition) is 7. The second-order valence-corrected chi connectivity index (χ2v) is 9.58. The molecule has 2 heterocycles. The van der Waals surface area contributed by atoms with Crippen molar-refractivity contribution in [2.75, 3.05) is 23.9 Å². The minimum atomic E-state index is -2.93. The molecule has 1 fully saturated rings. The van der Waals surface area contributed by atoms with Gasteiger partial charge >= 0.3 is 0 Å². The lowest BCUT2D eigenvalue weighted by Crippen LogP contribution is -2.34. The molecule has 3 rings (SSSR count). The summed E-state index contributed by atoms with van der Waals surface area (Å²) in [5, 5.41) is 7.77. The van der Waals surface area contributed by atoms with E-state index in [1.54, 1.807) is 22.9 Å². The van der Waals surface area contributed by atoms with Crippen LogP contribution in [-0.4, -0.2) is 47.7 Å². The van der Waals surface area contributed by atoms with E-state index in [9.17, 15) is 12.8 Å². The Morgan fingerprint density at radius 3 is 2.92 bits per heavy atom. The zero-order chi connectivity index (χ0) is 17.3. The lowest BCUT2D eigenvalue weighted by atomic mass is 10.2. The largest absolute Gasteiger partial charge is 0.328 e. The van der Waals surface area contributed by atoms with Crippen LogP contribution in [0.4, 0.5) is 15.2 Å². The smallest absolute Gasteiger partial charge is 0.209 e. The number of nitrogens with one attached hydrogen (secondary N) is 1. The first-order chi connectivity index (χ1) is 11.3. The standard InChI is InChI=1S/C14H17FN4O2S3/c1-18(10-6-7-24(20,21)8-10)9-19-14(22)23-13(17-19)16-12-5-3-2-4-11(12)15/h2-5,10H,6-9H2,1H3,(H,16,17)/t10-/m1/s1. The average molecular weight is 389 g/mol. The molecule has 130 valence electrons. The van der Waals surface area contributed by atoms with Crippen molar-refractivity contribution in [2.24, 2.45) is 0 Å². The zero-order valence-corrected chi connectivity index (χ0v) is 15.4. The van der Waals surface area contributed by atoms with Gasteiger partial charge < -0.3 is 5.32 Å². The molecule has 0 radical (unpaired) electrons. The van der Waals surface area contributed by atoms with Crippen LogP contribution in [0.15, 0.2) is 24.3 Å². The molecule has 1 saturated heterocycles. The maximum atomic E-state index is 13.7. The molecule has 10 heteroatoms. The fraction of sp³-hybridized carbons (Fsp3) is 0.429. The Balaban J connectivity index is 1.70.